The fourth-order valence-corrected chi connectivity index (χ4v) is 3.80. The minimum Gasteiger partial charge on any atom is -0.497 e. The highest BCUT2D eigenvalue weighted by Gasteiger charge is 2.49. The van der Waals surface area contributed by atoms with E-state index in [0.29, 0.717) is 36.6 Å². The van der Waals surface area contributed by atoms with Crippen molar-refractivity contribution in [1.82, 2.24) is 10.2 Å². The van der Waals surface area contributed by atoms with Crippen molar-refractivity contribution < 1.29 is 19.0 Å². The van der Waals surface area contributed by atoms with Crippen molar-refractivity contribution in [2.24, 2.45) is 5.92 Å². The fraction of sp³-hybridized carbons (Fsp3) is 0.650. The van der Waals surface area contributed by atoms with Crippen molar-refractivity contribution in [2.45, 2.75) is 57.2 Å². The minimum absolute atomic E-state index is 0.0528. The number of nitrogens with zero attached hydrogens (tertiary/aromatic N) is 1. The number of nitrogens with one attached hydrogen (secondary N) is 1. The van der Waals surface area contributed by atoms with Crippen LogP contribution in [0.3, 0.4) is 0 Å². The molecule has 2 N–H and O–H groups in total. The molecule has 6 heteroatoms. The molecule has 1 saturated heterocycles. The lowest BCUT2D eigenvalue weighted by Gasteiger charge is -2.39. The first-order valence-corrected chi connectivity index (χ1v) is 9.39. The van der Waals surface area contributed by atoms with Gasteiger partial charge in [0.15, 0.2) is 5.60 Å². The second kappa shape index (κ2) is 7.16. The summed E-state index contributed by atoms with van der Waals surface area (Å²) in [5.41, 5.74) is -0.967. The van der Waals surface area contributed by atoms with Crippen molar-refractivity contribution in [3.05, 3.63) is 29.6 Å². The number of amides is 1. The average Bonchev–Trinajstić information content (AvgIpc) is 3.41. The van der Waals surface area contributed by atoms with Crippen LogP contribution in [-0.2, 0) is 11.3 Å². The monoisotopic (exact) mass is 364 g/mol. The van der Waals surface area contributed by atoms with E-state index in [-0.39, 0.29) is 30.4 Å². The Morgan fingerprint density at radius 2 is 2.08 bits per heavy atom. The number of halogens is 1. The molecule has 1 aliphatic heterocycles. The Morgan fingerprint density at radius 1 is 1.35 bits per heavy atom. The second-order valence-electron chi connectivity index (χ2n) is 7.98. The number of hydrogen-bond donors (Lipinski definition) is 2. The Labute approximate surface area is 154 Å². The van der Waals surface area contributed by atoms with Gasteiger partial charge < -0.3 is 20.1 Å². The van der Waals surface area contributed by atoms with E-state index in [1.54, 1.807) is 17.0 Å². The summed E-state index contributed by atoms with van der Waals surface area (Å²) in [7, 11) is 1.52. The van der Waals surface area contributed by atoms with E-state index in [4.69, 9.17) is 4.74 Å². The zero-order valence-corrected chi connectivity index (χ0v) is 15.8. The molecule has 26 heavy (non-hydrogen) atoms. The molecule has 0 radical (unpaired) electrons. The Bertz CT molecular complexity index is 675. The molecule has 144 valence electrons. The number of aliphatic hydroxyl groups is 1. The first-order chi connectivity index (χ1) is 12.3. The maximum atomic E-state index is 14.1. The average molecular weight is 364 g/mol. The van der Waals surface area contributed by atoms with E-state index in [1.807, 2.05) is 0 Å². The van der Waals surface area contributed by atoms with E-state index >= 15 is 0 Å². The normalized spacial score (nSPS) is 24.8. The zero-order chi connectivity index (χ0) is 18.9. The summed E-state index contributed by atoms with van der Waals surface area (Å²) in [5.74, 6) is 0.322. The molecule has 1 aromatic rings. The van der Waals surface area contributed by atoms with Gasteiger partial charge in [-0.05, 0) is 49.8 Å². The van der Waals surface area contributed by atoms with Gasteiger partial charge in [-0.15, -0.1) is 0 Å². The van der Waals surface area contributed by atoms with Crippen molar-refractivity contribution in [1.29, 1.82) is 0 Å². The topological polar surface area (TPSA) is 61.8 Å². The summed E-state index contributed by atoms with van der Waals surface area (Å²) in [6.07, 6.45) is 3.29. The van der Waals surface area contributed by atoms with Gasteiger partial charge in [0.1, 0.15) is 11.6 Å². The third-order valence-electron chi connectivity index (χ3n) is 5.94. The highest BCUT2D eigenvalue weighted by Crippen LogP contribution is 2.42. The molecule has 5 nitrogen and oxygen atoms in total. The van der Waals surface area contributed by atoms with E-state index in [0.717, 1.165) is 12.8 Å². The van der Waals surface area contributed by atoms with Gasteiger partial charge in [-0.25, -0.2) is 4.39 Å². The third-order valence-corrected chi connectivity index (χ3v) is 5.94. The predicted molar refractivity (Wildman–Crippen MR) is 97.4 cm³/mol. The van der Waals surface area contributed by atoms with Gasteiger partial charge in [0.2, 0.25) is 0 Å². The molecule has 2 aliphatic rings. The smallest absolute Gasteiger partial charge is 0.256 e. The summed E-state index contributed by atoms with van der Waals surface area (Å²) in [6, 6.07) is 4.50. The molecule has 3 rings (SSSR count). The number of likely N-dealkylation sites (tertiary alicyclic amines) is 1. The Hall–Kier alpha value is -1.66. The molecular weight excluding hydrogens is 335 g/mol. The largest absolute Gasteiger partial charge is 0.497 e. The Kier molecular flexibility index (Phi) is 5.26. The number of carbonyl (C=O) groups is 1. The molecule has 1 heterocycles. The quantitative estimate of drug-likeness (QED) is 0.780. The number of methoxy groups -OCH3 is 1. The van der Waals surface area contributed by atoms with Crippen LogP contribution in [0.25, 0.3) is 0 Å². The molecular formula is C20H29FN2O3. The minimum atomic E-state index is -1.42. The van der Waals surface area contributed by atoms with E-state index in [2.05, 4.69) is 19.2 Å². The van der Waals surface area contributed by atoms with Crippen molar-refractivity contribution >= 4 is 5.91 Å². The molecule has 2 fully saturated rings. The molecule has 1 atom stereocenters. The molecule has 1 aliphatic carbocycles. The van der Waals surface area contributed by atoms with Crippen LogP contribution in [0.5, 0.6) is 5.75 Å². The summed E-state index contributed by atoms with van der Waals surface area (Å²) in [5, 5.41) is 14.4. The van der Waals surface area contributed by atoms with Crippen LogP contribution in [0, 0.1) is 11.7 Å². The standard InChI is InChI=1S/C20H29FN2O3/c1-14(2)19(8-9-19)22-13-20(25)7-4-10-23(18(20)24)12-15-11-16(26-3)5-6-17(15)21/h5-6,11,14,22,25H,4,7-10,12-13H2,1-3H3/t20-/m0/s1. The number of hydrogen-bond acceptors (Lipinski definition) is 4. The first kappa shape index (κ1) is 19.1. The van der Waals surface area contributed by atoms with Gasteiger partial charge in [-0.2, -0.15) is 0 Å². The zero-order valence-electron chi connectivity index (χ0n) is 15.8. The lowest BCUT2D eigenvalue weighted by atomic mass is 9.90. The Balaban J connectivity index is 1.69. The van der Waals surface area contributed by atoms with Crippen LogP contribution in [0.1, 0.15) is 45.1 Å². The fourth-order valence-electron chi connectivity index (χ4n) is 3.80. The van der Waals surface area contributed by atoms with Crippen LogP contribution >= 0.6 is 0 Å². The van der Waals surface area contributed by atoms with E-state index in [1.165, 1.54) is 13.2 Å². The molecule has 0 bridgehead atoms. The van der Waals surface area contributed by atoms with Crippen LogP contribution in [0.15, 0.2) is 18.2 Å². The van der Waals surface area contributed by atoms with Crippen LogP contribution in [0.2, 0.25) is 0 Å². The van der Waals surface area contributed by atoms with Gasteiger partial charge in [0, 0.05) is 30.7 Å². The number of β-amino-alcohol motifs (C(OH)–C–C–N with tert-alkyl or cyclic N) is 1. The van der Waals surface area contributed by atoms with Gasteiger partial charge in [-0.3, -0.25) is 4.79 Å². The highest BCUT2D eigenvalue weighted by atomic mass is 19.1. The van der Waals surface area contributed by atoms with Crippen molar-refractivity contribution in [3.8, 4) is 5.75 Å². The number of rotatable bonds is 7. The summed E-state index contributed by atoms with van der Waals surface area (Å²) >= 11 is 0. The number of piperidine rings is 1. The van der Waals surface area contributed by atoms with Gasteiger partial charge >= 0.3 is 0 Å². The highest BCUT2D eigenvalue weighted by molar-refractivity contribution is 5.86. The third kappa shape index (κ3) is 3.71. The van der Waals surface area contributed by atoms with Crippen molar-refractivity contribution in [2.75, 3.05) is 20.2 Å². The van der Waals surface area contributed by atoms with E-state index in [9.17, 15) is 14.3 Å². The van der Waals surface area contributed by atoms with E-state index < -0.39 is 5.60 Å². The first-order valence-electron chi connectivity index (χ1n) is 9.39. The van der Waals surface area contributed by atoms with Gasteiger partial charge in [0.25, 0.3) is 5.91 Å². The lowest BCUT2D eigenvalue weighted by Crippen LogP contribution is -2.59. The molecule has 1 saturated carbocycles. The van der Waals surface area contributed by atoms with Crippen LogP contribution in [0.4, 0.5) is 4.39 Å². The summed E-state index contributed by atoms with van der Waals surface area (Å²) < 4.78 is 19.3. The van der Waals surface area contributed by atoms with Gasteiger partial charge in [-0.1, -0.05) is 13.8 Å². The summed E-state index contributed by atoms with van der Waals surface area (Å²) in [4.78, 5) is 14.5. The summed E-state index contributed by atoms with van der Waals surface area (Å²) in [6.45, 7) is 5.23. The molecule has 0 unspecified atom stereocenters. The molecule has 0 spiro atoms. The van der Waals surface area contributed by atoms with Gasteiger partial charge in [0.05, 0.1) is 7.11 Å². The molecule has 1 aromatic carbocycles. The SMILES string of the molecule is COc1ccc(F)c(CN2CCC[C@](O)(CNC3(C(C)C)CC3)C2=O)c1. The van der Waals surface area contributed by atoms with Crippen LogP contribution in [-0.4, -0.2) is 47.3 Å². The van der Waals surface area contributed by atoms with Crippen LogP contribution < -0.4 is 10.1 Å². The predicted octanol–water partition coefficient (Wildman–Crippen LogP) is 2.47. The lowest BCUT2D eigenvalue weighted by molar-refractivity contribution is -0.157. The number of benzene rings is 1. The Morgan fingerprint density at radius 3 is 2.69 bits per heavy atom. The van der Waals surface area contributed by atoms with Crippen molar-refractivity contribution in [3.63, 3.8) is 0 Å². The number of ether oxygens (including phenoxy) is 1. The molecule has 1 amide bonds. The maximum Gasteiger partial charge on any atom is 0.256 e. The second-order valence-corrected chi connectivity index (χ2v) is 7.98. The molecule has 0 aromatic heterocycles. The number of carbonyl (C=O) groups excluding carboxylic acids is 1. The maximum absolute atomic E-state index is 14.1.